The third kappa shape index (κ3) is 2.17. The van der Waals surface area contributed by atoms with Crippen molar-refractivity contribution in [2.45, 2.75) is 6.92 Å². The molecule has 1 saturated heterocycles. The first kappa shape index (κ1) is 8.49. The van der Waals surface area contributed by atoms with E-state index in [-0.39, 0.29) is 12.6 Å². The second kappa shape index (κ2) is 3.69. The van der Waals surface area contributed by atoms with Gasteiger partial charge in [0.15, 0.2) is 0 Å². The lowest BCUT2D eigenvalue weighted by atomic mass is 10.3. The Kier molecular flexibility index (Phi) is 2.84. The molecule has 0 bridgehead atoms. The summed E-state index contributed by atoms with van der Waals surface area (Å²) in [6.07, 6.45) is 0. The summed E-state index contributed by atoms with van der Waals surface area (Å²) in [7, 11) is 0. The van der Waals surface area contributed by atoms with Crippen LogP contribution in [0.25, 0.3) is 0 Å². The van der Waals surface area contributed by atoms with E-state index in [1.807, 2.05) is 0 Å². The normalized spacial score (nSPS) is 20.4. The average molecular weight is 157 g/mol. The molecule has 1 radical (unpaired) electrons. The van der Waals surface area contributed by atoms with Crippen molar-refractivity contribution in [2.75, 3.05) is 32.9 Å². The second-order valence-electron chi connectivity index (χ2n) is 2.75. The van der Waals surface area contributed by atoms with Crippen LogP contribution in [0.5, 0.6) is 0 Å². The highest BCUT2D eigenvalue weighted by atomic mass is 16.3. The van der Waals surface area contributed by atoms with E-state index in [1.54, 1.807) is 16.7 Å². The van der Waals surface area contributed by atoms with Crippen LogP contribution in [0.4, 0.5) is 0 Å². The van der Waals surface area contributed by atoms with Gasteiger partial charge in [-0.05, 0) is 0 Å². The third-order valence-electron chi connectivity index (χ3n) is 2.00. The van der Waals surface area contributed by atoms with Crippen LogP contribution in [0.2, 0.25) is 0 Å². The Morgan fingerprint density at radius 2 is 1.82 bits per heavy atom. The van der Waals surface area contributed by atoms with Gasteiger partial charge in [-0.1, -0.05) is 0 Å². The maximum atomic E-state index is 10.8. The Labute approximate surface area is 66.4 Å². The minimum absolute atomic E-state index is 0.107. The van der Waals surface area contributed by atoms with Gasteiger partial charge in [0, 0.05) is 33.1 Å². The van der Waals surface area contributed by atoms with Gasteiger partial charge in [-0.2, -0.15) is 0 Å². The van der Waals surface area contributed by atoms with Crippen LogP contribution < -0.4 is 0 Å². The molecular weight excluding hydrogens is 144 g/mol. The molecule has 4 nitrogen and oxygen atoms in total. The molecule has 1 fully saturated rings. The van der Waals surface area contributed by atoms with E-state index < -0.39 is 0 Å². The smallest absolute Gasteiger partial charge is 0.219 e. The number of hydrogen-bond acceptors (Lipinski definition) is 2. The first-order chi connectivity index (χ1) is 5.24. The maximum absolute atomic E-state index is 10.8. The van der Waals surface area contributed by atoms with Crippen molar-refractivity contribution in [1.29, 1.82) is 0 Å². The molecule has 0 N–H and O–H groups in total. The van der Waals surface area contributed by atoms with Gasteiger partial charge in [0.1, 0.15) is 6.73 Å². The van der Waals surface area contributed by atoms with E-state index in [0.29, 0.717) is 13.1 Å². The van der Waals surface area contributed by atoms with E-state index in [2.05, 4.69) is 0 Å². The van der Waals surface area contributed by atoms with Gasteiger partial charge in [-0.25, -0.2) is 5.11 Å². The highest BCUT2D eigenvalue weighted by Gasteiger charge is 2.17. The Balaban J connectivity index is 2.30. The van der Waals surface area contributed by atoms with Crippen LogP contribution in [0.1, 0.15) is 6.92 Å². The number of amides is 1. The maximum Gasteiger partial charge on any atom is 0.219 e. The van der Waals surface area contributed by atoms with E-state index in [9.17, 15) is 9.90 Å². The summed E-state index contributed by atoms with van der Waals surface area (Å²) in [6, 6.07) is 0. The number of carbonyl (C=O) groups excluding carboxylic acids is 1. The average Bonchev–Trinajstić information content (AvgIpc) is 2.05. The standard InChI is InChI=1S/C7H13N2O2/c1-7(11)9-4-2-8(6-10)3-5-9/h2-6H2,1H3. The lowest BCUT2D eigenvalue weighted by molar-refractivity contribution is -0.131. The van der Waals surface area contributed by atoms with E-state index >= 15 is 0 Å². The molecule has 11 heavy (non-hydrogen) atoms. The number of carbonyl (C=O) groups is 1. The second-order valence-corrected chi connectivity index (χ2v) is 2.75. The quantitative estimate of drug-likeness (QED) is 0.517. The first-order valence-corrected chi connectivity index (χ1v) is 3.80. The SMILES string of the molecule is CC(=O)N1CCN(C[O])CC1. The summed E-state index contributed by atoms with van der Waals surface area (Å²) >= 11 is 0. The molecule has 1 heterocycles. The van der Waals surface area contributed by atoms with Crippen molar-refractivity contribution in [1.82, 2.24) is 9.80 Å². The van der Waals surface area contributed by atoms with Crippen LogP contribution in [-0.4, -0.2) is 48.6 Å². The molecule has 0 saturated carbocycles. The zero-order valence-corrected chi connectivity index (χ0v) is 6.75. The summed E-state index contributed by atoms with van der Waals surface area (Å²) in [5.41, 5.74) is 0. The summed E-state index contributed by atoms with van der Waals surface area (Å²) in [4.78, 5) is 14.4. The van der Waals surface area contributed by atoms with Gasteiger partial charge in [0.05, 0.1) is 0 Å². The highest BCUT2D eigenvalue weighted by molar-refractivity contribution is 5.73. The van der Waals surface area contributed by atoms with Crippen LogP contribution in [0, 0.1) is 0 Å². The zero-order chi connectivity index (χ0) is 8.27. The van der Waals surface area contributed by atoms with Gasteiger partial charge in [0.25, 0.3) is 0 Å². The van der Waals surface area contributed by atoms with Crippen molar-refractivity contribution in [3.05, 3.63) is 0 Å². The fourth-order valence-corrected chi connectivity index (χ4v) is 1.19. The van der Waals surface area contributed by atoms with E-state index in [0.717, 1.165) is 13.1 Å². The molecule has 63 valence electrons. The topological polar surface area (TPSA) is 43.5 Å². The molecule has 0 spiro atoms. The van der Waals surface area contributed by atoms with Gasteiger partial charge in [0.2, 0.25) is 5.91 Å². The van der Waals surface area contributed by atoms with E-state index in [1.165, 1.54) is 0 Å². The number of rotatable bonds is 1. The lowest BCUT2D eigenvalue weighted by Gasteiger charge is -2.32. The molecule has 1 aliphatic rings. The van der Waals surface area contributed by atoms with Gasteiger partial charge in [-0.15, -0.1) is 0 Å². The largest absolute Gasteiger partial charge is 0.340 e. The molecule has 0 aromatic rings. The minimum Gasteiger partial charge on any atom is -0.340 e. The molecular formula is C7H13N2O2. The fraction of sp³-hybridized carbons (Fsp3) is 0.857. The number of nitrogens with zero attached hydrogens (tertiary/aromatic N) is 2. The van der Waals surface area contributed by atoms with Crippen molar-refractivity contribution in [3.63, 3.8) is 0 Å². The molecule has 0 aromatic heterocycles. The molecule has 0 unspecified atom stereocenters. The molecule has 1 rings (SSSR count). The van der Waals surface area contributed by atoms with Crippen LogP contribution >= 0.6 is 0 Å². The van der Waals surface area contributed by atoms with Crippen molar-refractivity contribution >= 4 is 5.91 Å². The van der Waals surface area contributed by atoms with Crippen molar-refractivity contribution in [3.8, 4) is 0 Å². The molecule has 1 aliphatic heterocycles. The van der Waals surface area contributed by atoms with E-state index in [4.69, 9.17) is 0 Å². The molecule has 4 heteroatoms. The summed E-state index contributed by atoms with van der Waals surface area (Å²) in [6.45, 7) is 4.28. The van der Waals surface area contributed by atoms with Gasteiger partial charge < -0.3 is 4.90 Å². The first-order valence-electron chi connectivity index (χ1n) is 3.80. The molecule has 0 atom stereocenters. The van der Waals surface area contributed by atoms with Crippen molar-refractivity contribution < 1.29 is 9.90 Å². The van der Waals surface area contributed by atoms with Crippen molar-refractivity contribution in [2.24, 2.45) is 0 Å². The zero-order valence-electron chi connectivity index (χ0n) is 6.75. The lowest BCUT2D eigenvalue weighted by Crippen LogP contribution is -2.47. The third-order valence-corrected chi connectivity index (χ3v) is 2.00. The van der Waals surface area contributed by atoms with Crippen LogP contribution in [0.3, 0.4) is 0 Å². The summed E-state index contributed by atoms with van der Waals surface area (Å²) in [5, 5.41) is 10.4. The molecule has 1 amide bonds. The Bertz CT molecular complexity index is 141. The van der Waals surface area contributed by atoms with Crippen LogP contribution in [-0.2, 0) is 9.90 Å². The number of piperazine rings is 1. The highest BCUT2D eigenvalue weighted by Crippen LogP contribution is 1.99. The minimum atomic E-state index is -0.147. The molecule has 0 aliphatic carbocycles. The molecule has 0 aromatic carbocycles. The van der Waals surface area contributed by atoms with Crippen LogP contribution in [0.15, 0.2) is 0 Å². The predicted molar refractivity (Wildman–Crippen MR) is 39.4 cm³/mol. The van der Waals surface area contributed by atoms with Gasteiger partial charge in [-0.3, -0.25) is 9.69 Å². The number of hydrogen-bond donors (Lipinski definition) is 0. The summed E-state index contributed by atoms with van der Waals surface area (Å²) in [5.74, 6) is 0.107. The monoisotopic (exact) mass is 157 g/mol. The van der Waals surface area contributed by atoms with Gasteiger partial charge >= 0.3 is 0 Å². The Hall–Kier alpha value is -0.610. The summed E-state index contributed by atoms with van der Waals surface area (Å²) < 4.78 is 0. The fourth-order valence-electron chi connectivity index (χ4n) is 1.19. The predicted octanol–water partition coefficient (Wildman–Crippen LogP) is -0.461. The Morgan fingerprint density at radius 3 is 2.18 bits per heavy atom. The Morgan fingerprint density at radius 1 is 1.27 bits per heavy atom.